The molecule has 1 fully saturated rings. The Hall–Kier alpha value is -2.63. The second-order valence-corrected chi connectivity index (χ2v) is 10.0. The van der Waals surface area contributed by atoms with Crippen LogP contribution in [0.15, 0.2) is 54.6 Å². The molecule has 6 heteroatoms. The minimum absolute atomic E-state index is 0.768. The third kappa shape index (κ3) is 4.74. The van der Waals surface area contributed by atoms with Crippen LogP contribution in [0, 0.1) is 6.92 Å². The van der Waals surface area contributed by atoms with Gasteiger partial charge in [0.25, 0.3) is 0 Å². The maximum Gasteiger partial charge on any atom is 0.228 e. The largest absolute Gasteiger partial charge is 0.369 e. The SMILES string of the molecule is Cc1cc2c(NCCCc3ccc(-c4ccc(Cl)cc4)cc3)nc(N3CCCC3)nc2s1. The molecule has 1 aliphatic rings. The van der Waals surface area contributed by atoms with Gasteiger partial charge in [-0.3, -0.25) is 0 Å². The summed E-state index contributed by atoms with van der Waals surface area (Å²) in [6.07, 6.45) is 4.53. The molecule has 5 rings (SSSR count). The summed E-state index contributed by atoms with van der Waals surface area (Å²) in [6, 6.07) is 19.0. The fraction of sp³-hybridized carbons (Fsp3) is 0.308. The molecule has 0 atom stereocenters. The number of hydrogen-bond acceptors (Lipinski definition) is 5. The van der Waals surface area contributed by atoms with Gasteiger partial charge in [-0.05, 0) is 67.5 Å². The molecule has 32 heavy (non-hydrogen) atoms. The van der Waals surface area contributed by atoms with Crippen molar-refractivity contribution in [1.82, 2.24) is 9.97 Å². The van der Waals surface area contributed by atoms with Gasteiger partial charge in [-0.1, -0.05) is 48.0 Å². The zero-order valence-corrected chi connectivity index (χ0v) is 19.8. The summed E-state index contributed by atoms with van der Waals surface area (Å²) in [4.78, 5) is 14.4. The van der Waals surface area contributed by atoms with Crippen LogP contribution in [0.5, 0.6) is 0 Å². The van der Waals surface area contributed by atoms with Crippen LogP contribution >= 0.6 is 22.9 Å². The van der Waals surface area contributed by atoms with E-state index in [1.165, 1.54) is 34.4 Å². The van der Waals surface area contributed by atoms with Gasteiger partial charge in [-0.15, -0.1) is 11.3 Å². The van der Waals surface area contributed by atoms with Crippen molar-refractivity contribution in [2.24, 2.45) is 0 Å². The number of hydrogen-bond donors (Lipinski definition) is 1. The molecule has 0 radical (unpaired) electrons. The highest BCUT2D eigenvalue weighted by atomic mass is 35.5. The van der Waals surface area contributed by atoms with E-state index in [9.17, 15) is 0 Å². The molecule has 3 heterocycles. The molecule has 1 saturated heterocycles. The monoisotopic (exact) mass is 462 g/mol. The Kier molecular flexibility index (Phi) is 6.28. The molecular weight excluding hydrogens is 436 g/mol. The van der Waals surface area contributed by atoms with E-state index in [0.717, 1.165) is 59.5 Å². The van der Waals surface area contributed by atoms with E-state index >= 15 is 0 Å². The highest BCUT2D eigenvalue weighted by Crippen LogP contribution is 2.31. The standard InChI is InChI=1S/C26H27ClN4S/c1-18-17-23-24(29-26(30-25(23)32-18)31-15-2-3-16-31)28-14-4-5-19-6-8-20(9-7-19)21-10-12-22(27)13-11-21/h6-13,17H,2-5,14-16H2,1H3,(H,28,29,30). The maximum absolute atomic E-state index is 6.00. The van der Waals surface area contributed by atoms with Crippen molar-refractivity contribution in [3.8, 4) is 11.1 Å². The molecule has 1 aliphatic heterocycles. The fourth-order valence-corrected chi connectivity index (χ4v) is 5.23. The zero-order chi connectivity index (χ0) is 21.9. The first-order chi connectivity index (χ1) is 15.7. The summed E-state index contributed by atoms with van der Waals surface area (Å²) in [5.74, 6) is 1.84. The van der Waals surface area contributed by atoms with Crippen LogP contribution in [0.4, 0.5) is 11.8 Å². The van der Waals surface area contributed by atoms with Crippen LogP contribution in [0.1, 0.15) is 29.7 Å². The third-order valence-electron chi connectivity index (χ3n) is 5.96. The first-order valence-electron chi connectivity index (χ1n) is 11.3. The summed E-state index contributed by atoms with van der Waals surface area (Å²) >= 11 is 7.75. The number of anilines is 2. The van der Waals surface area contributed by atoms with E-state index in [0.29, 0.717) is 0 Å². The third-order valence-corrected chi connectivity index (χ3v) is 7.16. The van der Waals surface area contributed by atoms with Gasteiger partial charge in [0.15, 0.2) is 0 Å². The molecule has 0 spiro atoms. The van der Waals surface area contributed by atoms with Crippen LogP contribution in [0.3, 0.4) is 0 Å². The molecule has 1 N–H and O–H groups in total. The number of fused-ring (bicyclic) bond motifs is 1. The van der Waals surface area contributed by atoms with Gasteiger partial charge in [0.1, 0.15) is 10.6 Å². The minimum Gasteiger partial charge on any atom is -0.369 e. The summed E-state index contributed by atoms with van der Waals surface area (Å²) in [5, 5.41) is 5.50. The second-order valence-electron chi connectivity index (χ2n) is 8.38. The molecule has 0 amide bonds. The summed E-state index contributed by atoms with van der Waals surface area (Å²) < 4.78 is 0. The van der Waals surface area contributed by atoms with E-state index in [-0.39, 0.29) is 0 Å². The van der Waals surface area contributed by atoms with Crippen molar-refractivity contribution >= 4 is 44.9 Å². The van der Waals surface area contributed by atoms with Crippen LogP contribution in [0.2, 0.25) is 5.02 Å². The van der Waals surface area contributed by atoms with Gasteiger partial charge < -0.3 is 10.2 Å². The van der Waals surface area contributed by atoms with Crippen LogP contribution in [-0.4, -0.2) is 29.6 Å². The minimum atomic E-state index is 0.768. The Morgan fingerprint density at radius 2 is 1.66 bits per heavy atom. The van der Waals surface area contributed by atoms with Crippen molar-refractivity contribution in [3.63, 3.8) is 0 Å². The van der Waals surface area contributed by atoms with Crippen LogP contribution < -0.4 is 10.2 Å². The predicted molar refractivity (Wildman–Crippen MR) is 137 cm³/mol. The van der Waals surface area contributed by atoms with Crippen molar-refractivity contribution < 1.29 is 0 Å². The average molecular weight is 463 g/mol. The number of nitrogens with zero attached hydrogens (tertiary/aromatic N) is 3. The Morgan fingerprint density at radius 1 is 0.969 bits per heavy atom. The van der Waals surface area contributed by atoms with Crippen LogP contribution in [0.25, 0.3) is 21.3 Å². The number of rotatable bonds is 7. The average Bonchev–Trinajstić information content (AvgIpc) is 3.47. The molecule has 2 aromatic heterocycles. The number of aryl methyl sites for hydroxylation is 2. The van der Waals surface area contributed by atoms with Gasteiger partial charge in [0.2, 0.25) is 5.95 Å². The number of halogens is 1. The Balaban J connectivity index is 1.22. The fourth-order valence-electron chi connectivity index (χ4n) is 4.23. The van der Waals surface area contributed by atoms with Crippen LogP contribution in [-0.2, 0) is 6.42 Å². The quantitative estimate of drug-likeness (QED) is 0.301. The molecule has 0 aliphatic carbocycles. The lowest BCUT2D eigenvalue weighted by Crippen LogP contribution is -2.21. The normalized spacial score (nSPS) is 13.8. The predicted octanol–water partition coefficient (Wildman–Crippen LogP) is 6.97. The highest BCUT2D eigenvalue weighted by Gasteiger charge is 2.18. The molecule has 2 aromatic carbocycles. The van der Waals surface area contributed by atoms with E-state index in [1.807, 2.05) is 12.1 Å². The number of benzene rings is 2. The lowest BCUT2D eigenvalue weighted by molar-refractivity contribution is 0.855. The van der Waals surface area contributed by atoms with Gasteiger partial charge in [0, 0.05) is 29.5 Å². The Morgan fingerprint density at radius 3 is 2.38 bits per heavy atom. The summed E-state index contributed by atoms with van der Waals surface area (Å²) in [5.41, 5.74) is 3.76. The van der Waals surface area contributed by atoms with E-state index in [4.69, 9.17) is 21.6 Å². The van der Waals surface area contributed by atoms with Gasteiger partial charge >= 0.3 is 0 Å². The molecular formula is C26H27ClN4S. The lowest BCUT2D eigenvalue weighted by Gasteiger charge is -2.16. The molecule has 0 unspecified atom stereocenters. The second kappa shape index (κ2) is 9.47. The van der Waals surface area contributed by atoms with Crippen molar-refractivity contribution in [2.45, 2.75) is 32.6 Å². The molecule has 164 valence electrons. The molecule has 0 bridgehead atoms. The van der Waals surface area contributed by atoms with Crippen molar-refractivity contribution in [2.75, 3.05) is 29.9 Å². The topological polar surface area (TPSA) is 41.1 Å². The molecule has 0 saturated carbocycles. The van der Waals surface area contributed by atoms with Crippen molar-refractivity contribution in [3.05, 3.63) is 70.1 Å². The molecule has 4 nitrogen and oxygen atoms in total. The number of thiophene rings is 1. The summed E-state index contributed by atoms with van der Waals surface area (Å²) in [6.45, 7) is 5.14. The van der Waals surface area contributed by atoms with Gasteiger partial charge in [0.05, 0.1) is 5.39 Å². The highest BCUT2D eigenvalue weighted by molar-refractivity contribution is 7.18. The Bertz CT molecular complexity index is 1200. The lowest BCUT2D eigenvalue weighted by atomic mass is 10.0. The van der Waals surface area contributed by atoms with Crippen molar-refractivity contribution in [1.29, 1.82) is 0 Å². The Labute approximate surface area is 198 Å². The summed E-state index contributed by atoms with van der Waals surface area (Å²) in [7, 11) is 0. The van der Waals surface area contributed by atoms with Gasteiger partial charge in [-0.2, -0.15) is 4.98 Å². The van der Waals surface area contributed by atoms with E-state index in [2.05, 4.69) is 59.6 Å². The smallest absolute Gasteiger partial charge is 0.228 e. The van der Waals surface area contributed by atoms with Gasteiger partial charge in [-0.25, -0.2) is 4.98 Å². The number of nitrogens with one attached hydrogen (secondary N) is 1. The number of aromatic nitrogens is 2. The van der Waals surface area contributed by atoms with E-state index < -0.39 is 0 Å². The zero-order valence-electron chi connectivity index (χ0n) is 18.3. The van der Waals surface area contributed by atoms with E-state index in [1.54, 1.807) is 11.3 Å². The molecule has 4 aromatic rings. The first-order valence-corrected chi connectivity index (χ1v) is 12.5. The maximum atomic E-state index is 6.00. The first kappa shape index (κ1) is 21.2.